The van der Waals surface area contributed by atoms with Gasteiger partial charge in [0.1, 0.15) is 6.04 Å². The van der Waals surface area contributed by atoms with Crippen LogP contribution in [0.25, 0.3) is 0 Å². The molecule has 28 heavy (non-hydrogen) atoms. The largest absolute Gasteiger partial charge is 0.467 e. The lowest BCUT2D eigenvalue weighted by molar-refractivity contribution is -0.146. The number of benzene rings is 2. The lowest BCUT2D eigenvalue weighted by atomic mass is 10.0. The molecular weight excluding hydrogens is 443 g/mol. The van der Waals surface area contributed by atoms with Gasteiger partial charge in [-0.3, -0.25) is 4.79 Å². The summed E-state index contributed by atoms with van der Waals surface area (Å²) < 4.78 is 43.3. The van der Waals surface area contributed by atoms with E-state index in [0.29, 0.717) is 0 Å². The summed E-state index contributed by atoms with van der Waals surface area (Å²) in [4.78, 5) is 24.3. The molecule has 0 aromatic heterocycles. The third kappa shape index (κ3) is 5.80. The predicted molar refractivity (Wildman–Crippen MR) is 98.2 cm³/mol. The highest BCUT2D eigenvalue weighted by Gasteiger charge is 2.31. The number of alkyl halides is 3. The van der Waals surface area contributed by atoms with E-state index in [-0.39, 0.29) is 12.0 Å². The van der Waals surface area contributed by atoms with Crippen molar-refractivity contribution in [2.75, 3.05) is 7.11 Å². The van der Waals surface area contributed by atoms with Crippen LogP contribution >= 0.6 is 15.9 Å². The summed E-state index contributed by atoms with van der Waals surface area (Å²) in [5, 5.41) is 12.5. The summed E-state index contributed by atoms with van der Waals surface area (Å²) in [6.07, 6.45) is -6.15. The highest BCUT2D eigenvalue weighted by atomic mass is 79.9. The van der Waals surface area contributed by atoms with E-state index >= 15 is 0 Å². The van der Waals surface area contributed by atoms with Gasteiger partial charge in [-0.05, 0) is 35.4 Å². The highest BCUT2D eigenvalue weighted by molar-refractivity contribution is 9.10. The Morgan fingerprint density at radius 3 is 2.36 bits per heavy atom. The molecule has 0 bridgehead atoms. The Bertz CT molecular complexity index is 840. The Labute approximate surface area is 167 Å². The third-order valence-electron chi connectivity index (χ3n) is 3.93. The molecule has 0 aliphatic carbocycles. The van der Waals surface area contributed by atoms with E-state index < -0.39 is 35.8 Å². The zero-order chi connectivity index (χ0) is 20.9. The van der Waals surface area contributed by atoms with Crippen LogP contribution in [0.2, 0.25) is 0 Å². The molecule has 0 heterocycles. The van der Waals surface area contributed by atoms with Crippen molar-refractivity contribution < 1.29 is 32.6 Å². The molecule has 2 rings (SSSR count). The van der Waals surface area contributed by atoms with Crippen LogP contribution in [0.4, 0.5) is 13.2 Å². The zero-order valence-corrected chi connectivity index (χ0v) is 16.3. The van der Waals surface area contributed by atoms with Crippen LogP contribution in [0.5, 0.6) is 0 Å². The molecule has 5 nitrogen and oxygen atoms in total. The number of hydrogen-bond donors (Lipinski definition) is 2. The van der Waals surface area contributed by atoms with E-state index in [1.165, 1.54) is 0 Å². The third-order valence-corrected chi connectivity index (χ3v) is 4.43. The lowest BCUT2D eigenvalue weighted by Gasteiger charge is -2.19. The normalized spacial score (nSPS) is 13.5. The van der Waals surface area contributed by atoms with Gasteiger partial charge in [-0.1, -0.05) is 40.2 Å². The Hall–Kier alpha value is -2.39. The summed E-state index contributed by atoms with van der Waals surface area (Å²) in [7, 11) is 1.16. The van der Waals surface area contributed by atoms with E-state index in [9.17, 15) is 27.9 Å². The molecule has 0 spiro atoms. The molecule has 0 saturated carbocycles. The highest BCUT2D eigenvalue weighted by Crippen LogP contribution is 2.30. The van der Waals surface area contributed by atoms with Gasteiger partial charge in [-0.2, -0.15) is 13.2 Å². The van der Waals surface area contributed by atoms with E-state index in [2.05, 4.69) is 26.0 Å². The topological polar surface area (TPSA) is 75.6 Å². The van der Waals surface area contributed by atoms with Crippen LogP contribution in [-0.4, -0.2) is 30.1 Å². The van der Waals surface area contributed by atoms with Gasteiger partial charge < -0.3 is 15.2 Å². The molecule has 2 aromatic carbocycles. The molecular formula is C19H17BrF3NO4. The van der Waals surface area contributed by atoms with Crippen molar-refractivity contribution in [2.24, 2.45) is 0 Å². The van der Waals surface area contributed by atoms with E-state index in [0.717, 1.165) is 41.4 Å². The van der Waals surface area contributed by atoms with Crippen molar-refractivity contribution >= 4 is 27.8 Å². The number of rotatable bonds is 6. The molecule has 2 atom stereocenters. The Morgan fingerprint density at radius 1 is 1.18 bits per heavy atom. The van der Waals surface area contributed by atoms with Gasteiger partial charge >= 0.3 is 12.1 Å². The lowest BCUT2D eigenvalue weighted by Crippen LogP contribution is -2.45. The van der Waals surface area contributed by atoms with Crippen molar-refractivity contribution in [3.05, 3.63) is 69.7 Å². The molecule has 2 N–H and O–H groups in total. The van der Waals surface area contributed by atoms with Crippen molar-refractivity contribution in [1.29, 1.82) is 0 Å². The molecule has 150 valence electrons. The molecule has 0 saturated heterocycles. The average Bonchev–Trinajstić information content (AvgIpc) is 2.65. The molecule has 0 unspecified atom stereocenters. The summed E-state index contributed by atoms with van der Waals surface area (Å²) in [6, 6.07) is 9.54. The summed E-state index contributed by atoms with van der Waals surface area (Å²) in [5.74, 6) is -1.64. The van der Waals surface area contributed by atoms with Crippen LogP contribution in [0.1, 0.15) is 22.8 Å². The molecule has 0 aliphatic rings. The van der Waals surface area contributed by atoms with Gasteiger partial charge in [0.15, 0.2) is 6.10 Å². The minimum absolute atomic E-state index is 0.0310. The first-order valence-corrected chi connectivity index (χ1v) is 8.89. The van der Waals surface area contributed by atoms with E-state index in [4.69, 9.17) is 0 Å². The number of halogens is 4. The van der Waals surface area contributed by atoms with E-state index in [1.807, 2.05) is 0 Å². The second-order valence-electron chi connectivity index (χ2n) is 5.94. The number of aliphatic hydroxyl groups is 1. The fraction of sp³-hybridized carbons (Fsp3) is 0.263. The average molecular weight is 460 g/mol. The fourth-order valence-corrected chi connectivity index (χ4v) is 2.94. The standard InChI is InChI=1S/C19H17BrF3NO4/c1-28-18(27)15(10-11-3-2-4-14(20)9-11)24-17(26)16(25)12-5-7-13(8-6-12)19(21,22)23/h2-9,15-16,25H,10H2,1H3,(H,24,26)/t15-,16-/m0/s1. The Morgan fingerprint density at radius 2 is 1.82 bits per heavy atom. The van der Waals surface area contributed by atoms with Gasteiger partial charge in [0, 0.05) is 10.9 Å². The summed E-state index contributed by atoms with van der Waals surface area (Å²) in [5.41, 5.74) is -0.198. The van der Waals surface area contributed by atoms with Crippen LogP contribution in [0, 0.1) is 0 Å². The number of carbonyl (C=O) groups excluding carboxylic acids is 2. The Kier molecular flexibility index (Phi) is 7.20. The van der Waals surface area contributed by atoms with Crippen molar-refractivity contribution in [2.45, 2.75) is 24.7 Å². The maximum Gasteiger partial charge on any atom is 0.416 e. The first-order chi connectivity index (χ1) is 13.1. The minimum atomic E-state index is -4.52. The molecule has 0 radical (unpaired) electrons. The number of nitrogens with one attached hydrogen (secondary N) is 1. The van der Waals surface area contributed by atoms with Gasteiger partial charge in [-0.15, -0.1) is 0 Å². The first-order valence-electron chi connectivity index (χ1n) is 8.09. The molecule has 0 aliphatic heterocycles. The number of methoxy groups -OCH3 is 1. The quantitative estimate of drug-likeness (QED) is 0.649. The van der Waals surface area contributed by atoms with Crippen molar-refractivity contribution in [3.8, 4) is 0 Å². The first kappa shape index (κ1) is 21.9. The van der Waals surface area contributed by atoms with Crippen molar-refractivity contribution in [3.63, 3.8) is 0 Å². The number of carbonyl (C=O) groups is 2. The van der Waals surface area contributed by atoms with Gasteiger partial charge in [0.2, 0.25) is 0 Å². The molecule has 2 aromatic rings. The van der Waals surface area contributed by atoms with E-state index in [1.54, 1.807) is 24.3 Å². The number of hydrogen-bond acceptors (Lipinski definition) is 4. The second kappa shape index (κ2) is 9.20. The molecule has 9 heteroatoms. The van der Waals surface area contributed by atoms with Crippen LogP contribution < -0.4 is 5.32 Å². The van der Waals surface area contributed by atoms with Crippen molar-refractivity contribution in [1.82, 2.24) is 5.32 Å². The second-order valence-corrected chi connectivity index (χ2v) is 6.86. The maximum absolute atomic E-state index is 12.6. The zero-order valence-electron chi connectivity index (χ0n) is 14.7. The predicted octanol–water partition coefficient (Wildman–Crippen LogP) is 3.40. The number of ether oxygens (including phenoxy) is 1. The van der Waals surface area contributed by atoms with Crippen LogP contribution in [0.15, 0.2) is 53.0 Å². The number of aliphatic hydroxyl groups excluding tert-OH is 1. The molecule has 0 fully saturated rings. The smallest absolute Gasteiger partial charge is 0.416 e. The van der Waals surface area contributed by atoms with Gasteiger partial charge in [-0.25, -0.2) is 4.79 Å². The summed E-state index contributed by atoms with van der Waals surface area (Å²) >= 11 is 3.31. The number of amides is 1. The Balaban J connectivity index is 2.12. The van der Waals surface area contributed by atoms with Gasteiger partial charge in [0.05, 0.1) is 12.7 Å². The van der Waals surface area contributed by atoms with Crippen LogP contribution in [-0.2, 0) is 26.9 Å². The monoisotopic (exact) mass is 459 g/mol. The van der Waals surface area contributed by atoms with Crippen LogP contribution in [0.3, 0.4) is 0 Å². The number of esters is 1. The fourth-order valence-electron chi connectivity index (χ4n) is 2.49. The maximum atomic E-state index is 12.6. The minimum Gasteiger partial charge on any atom is -0.467 e. The molecule has 1 amide bonds. The van der Waals surface area contributed by atoms with Gasteiger partial charge in [0.25, 0.3) is 5.91 Å². The SMILES string of the molecule is COC(=O)[C@H](Cc1cccc(Br)c1)NC(=O)[C@@H](O)c1ccc(C(F)(F)F)cc1. The summed E-state index contributed by atoms with van der Waals surface area (Å²) in [6.45, 7) is 0.